The Morgan fingerprint density at radius 2 is 2.62 bits per heavy atom. The second-order valence-electron chi connectivity index (χ2n) is 3.17. The third kappa shape index (κ3) is 1.45. The Morgan fingerprint density at radius 3 is 3.38 bits per heavy atom. The standard InChI is InChI=1S/C9H12N2O2/c1-13-6-7-5-11-4-2-3-8(11)9(12)10-7/h2-4,7H,5-6H2,1H3,(H,10,12). The van der Waals surface area contributed by atoms with E-state index in [-0.39, 0.29) is 11.9 Å². The van der Waals surface area contributed by atoms with Crippen LogP contribution in [-0.2, 0) is 11.3 Å². The number of hydrogen-bond donors (Lipinski definition) is 1. The van der Waals surface area contributed by atoms with E-state index in [1.807, 2.05) is 22.9 Å². The summed E-state index contributed by atoms with van der Waals surface area (Å²) in [5.41, 5.74) is 0.729. The molecule has 1 aromatic rings. The zero-order valence-electron chi connectivity index (χ0n) is 7.49. The Labute approximate surface area is 76.5 Å². The van der Waals surface area contributed by atoms with E-state index in [1.54, 1.807) is 7.11 Å². The second-order valence-corrected chi connectivity index (χ2v) is 3.17. The van der Waals surface area contributed by atoms with Gasteiger partial charge in [0.25, 0.3) is 5.91 Å². The Bertz CT molecular complexity index is 319. The van der Waals surface area contributed by atoms with Crippen LogP contribution >= 0.6 is 0 Å². The highest BCUT2D eigenvalue weighted by molar-refractivity contribution is 5.93. The smallest absolute Gasteiger partial charge is 0.268 e. The number of ether oxygens (including phenoxy) is 1. The molecule has 0 spiro atoms. The number of carbonyl (C=O) groups excluding carboxylic acids is 1. The average Bonchev–Trinajstić information content (AvgIpc) is 2.53. The van der Waals surface area contributed by atoms with Crippen LogP contribution in [0.2, 0.25) is 0 Å². The van der Waals surface area contributed by atoms with Crippen LogP contribution in [0.1, 0.15) is 10.5 Å². The highest BCUT2D eigenvalue weighted by atomic mass is 16.5. The summed E-state index contributed by atoms with van der Waals surface area (Å²) < 4.78 is 6.94. The minimum Gasteiger partial charge on any atom is -0.382 e. The third-order valence-electron chi connectivity index (χ3n) is 2.18. The van der Waals surface area contributed by atoms with E-state index in [4.69, 9.17) is 4.74 Å². The molecule has 0 bridgehead atoms. The molecule has 70 valence electrons. The van der Waals surface area contributed by atoms with Crippen molar-refractivity contribution < 1.29 is 9.53 Å². The van der Waals surface area contributed by atoms with Crippen LogP contribution < -0.4 is 5.32 Å². The minimum absolute atomic E-state index is 0.0155. The lowest BCUT2D eigenvalue weighted by Crippen LogP contribution is -2.46. The first-order chi connectivity index (χ1) is 6.31. The molecule has 13 heavy (non-hydrogen) atoms. The Hall–Kier alpha value is -1.29. The zero-order valence-corrected chi connectivity index (χ0v) is 7.49. The van der Waals surface area contributed by atoms with Crippen LogP contribution in [0.4, 0.5) is 0 Å². The molecule has 1 atom stereocenters. The summed E-state index contributed by atoms with van der Waals surface area (Å²) in [6, 6.07) is 3.79. The van der Waals surface area contributed by atoms with Crippen molar-refractivity contribution in [3.8, 4) is 0 Å². The number of aromatic nitrogens is 1. The lowest BCUT2D eigenvalue weighted by molar-refractivity contribution is 0.0840. The Morgan fingerprint density at radius 1 is 1.77 bits per heavy atom. The van der Waals surface area contributed by atoms with Gasteiger partial charge < -0.3 is 14.6 Å². The van der Waals surface area contributed by atoms with E-state index in [2.05, 4.69) is 5.32 Å². The van der Waals surface area contributed by atoms with Crippen molar-refractivity contribution in [2.75, 3.05) is 13.7 Å². The van der Waals surface area contributed by atoms with Gasteiger partial charge in [0.1, 0.15) is 5.69 Å². The van der Waals surface area contributed by atoms with Crippen molar-refractivity contribution in [3.05, 3.63) is 24.0 Å². The van der Waals surface area contributed by atoms with Crippen LogP contribution in [0.25, 0.3) is 0 Å². The molecule has 2 heterocycles. The predicted octanol–water partition coefficient (Wildman–Crippen LogP) is 0.247. The van der Waals surface area contributed by atoms with Gasteiger partial charge in [-0.25, -0.2) is 0 Å². The van der Waals surface area contributed by atoms with Gasteiger partial charge >= 0.3 is 0 Å². The molecule has 0 radical (unpaired) electrons. The zero-order chi connectivity index (χ0) is 9.26. The summed E-state index contributed by atoms with van der Waals surface area (Å²) >= 11 is 0. The number of methoxy groups -OCH3 is 1. The minimum atomic E-state index is -0.0155. The van der Waals surface area contributed by atoms with Gasteiger partial charge in [0.15, 0.2) is 0 Å². The van der Waals surface area contributed by atoms with Crippen LogP contribution in [0.3, 0.4) is 0 Å². The quantitative estimate of drug-likeness (QED) is 0.708. The number of amides is 1. The first kappa shape index (κ1) is 8.31. The molecule has 0 aliphatic carbocycles. The maximum absolute atomic E-state index is 11.4. The van der Waals surface area contributed by atoms with Crippen LogP contribution in [0.15, 0.2) is 18.3 Å². The summed E-state index contributed by atoms with van der Waals surface area (Å²) in [4.78, 5) is 11.4. The number of fused-ring (bicyclic) bond motifs is 1. The molecule has 0 aromatic carbocycles. The third-order valence-corrected chi connectivity index (χ3v) is 2.18. The average molecular weight is 180 g/mol. The number of carbonyl (C=O) groups is 1. The monoisotopic (exact) mass is 180 g/mol. The van der Waals surface area contributed by atoms with E-state index >= 15 is 0 Å². The normalized spacial score (nSPS) is 21.0. The molecule has 1 amide bonds. The van der Waals surface area contributed by atoms with Crippen molar-refractivity contribution in [1.29, 1.82) is 0 Å². The van der Waals surface area contributed by atoms with E-state index in [1.165, 1.54) is 0 Å². The maximum Gasteiger partial charge on any atom is 0.268 e. The largest absolute Gasteiger partial charge is 0.382 e. The molecule has 0 saturated carbocycles. The fourth-order valence-corrected chi connectivity index (χ4v) is 1.62. The van der Waals surface area contributed by atoms with Gasteiger partial charge in [0, 0.05) is 19.9 Å². The van der Waals surface area contributed by atoms with Gasteiger partial charge in [0.05, 0.1) is 12.6 Å². The number of nitrogens with zero attached hydrogens (tertiary/aromatic N) is 1. The second kappa shape index (κ2) is 3.22. The van der Waals surface area contributed by atoms with Crippen LogP contribution in [0, 0.1) is 0 Å². The van der Waals surface area contributed by atoms with Crippen molar-refractivity contribution in [3.63, 3.8) is 0 Å². The molecular formula is C9H12N2O2. The molecule has 1 aliphatic rings. The summed E-state index contributed by atoms with van der Waals surface area (Å²) in [5, 5.41) is 2.87. The van der Waals surface area contributed by atoms with Crippen molar-refractivity contribution in [2.24, 2.45) is 0 Å². The summed E-state index contributed by atoms with van der Waals surface area (Å²) in [6.45, 7) is 1.35. The summed E-state index contributed by atoms with van der Waals surface area (Å²) in [7, 11) is 1.64. The molecule has 0 saturated heterocycles. The fraction of sp³-hybridized carbons (Fsp3) is 0.444. The molecule has 1 N–H and O–H groups in total. The van der Waals surface area contributed by atoms with Crippen molar-refractivity contribution in [2.45, 2.75) is 12.6 Å². The lowest BCUT2D eigenvalue weighted by Gasteiger charge is -2.24. The number of rotatable bonds is 2. The molecule has 2 rings (SSSR count). The lowest BCUT2D eigenvalue weighted by atomic mass is 10.2. The first-order valence-electron chi connectivity index (χ1n) is 4.26. The summed E-state index contributed by atoms with van der Waals surface area (Å²) in [5.74, 6) is -0.0155. The van der Waals surface area contributed by atoms with Gasteiger partial charge in [-0.05, 0) is 12.1 Å². The van der Waals surface area contributed by atoms with E-state index in [0.717, 1.165) is 12.2 Å². The molecule has 1 aliphatic heterocycles. The first-order valence-corrected chi connectivity index (χ1v) is 4.26. The van der Waals surface area contributed by atoms with Gasteiger partial charge in [-0.1, -0.05) is 0 Å². The summed E-state index contributed by atoms with van der Waals surface area (Å²) in [6.07, 6.45) is 1.91. The van der Waals surface area contributed by atoms with Gasteiger partial charge in [-0.3, -0.25) is 4.79 Å². The van der Waals surface area contributed by atoms with E-state index < -0.39 is 0 Å². The van der Waals surface area contributed by atoms with Crippen molar-refractivity contribution in [1.82, 2.24) is 9.88 Å². The molecule has 4 nitrogen and oxygen atoms in total. The van der Waals surface area contributed by atoms with Crippen LogP contribution in [-0.4, -0.2) is 30.2 Å². The molecule has 4 heteroatoms. The topological polar surface area (TPSA) is 43.3 Å². The molecular weight excluding hydrogens is 168 g/mol. The highest BCUT2D eigenvalue weighted by Crippen LogP contribution is 2.09. The molecule has 1 aromatic heterocycles. The van der Waals surface area contributed by atoms with E-state index in [0.29, 0.717) is 6.61 Å². The molecule has 0 fully saturated rings. The number of nitrogens with one attached hydrogen (secondary N) is 1. The van der Waals surface area contributed by atoms with Crippen molar-refractivity contribution >= 4 is 5.91 Å². The highest BCUT2D eigenvalue weighted by Gasteiger charge is 2.22. The fourth-order valence-electron chi connectivity index (χ4n) is 1.62. The van der Waals surface area contributed by atoms with Gasteiger partial charge in [-0.15, -0.1) is 0 Å². The van der Waals surface area contributed by atoms with Gasteiger partial charge in [-0.2, -0.15) is 0 Å². The molecule has 1 unspecified atom stereocenters. The Kier molecular flexibility index (Phi) is 2.06. The van der Waals surface area contributed by atoms with Crippen LogP contribution in [0.5, 0.6) is 0 Å². The van der Waals surface area contributed by atoms with Gasteiger partial charge in [0.2, 0.25) is 0 Å². The predicted molar refractivity (Wildman–Crippen MR) is 47.6 cm³/mol. The number of hydrogen-bond acceptors (Lipinski definition) is 2. The Balaban J connectivity index is 2.19. The maximum atomic E-state index is 11.4. The SMILES string of the molecule is COCC1Cn2cccc2C(=O)N1. The van der Waals surface area contributed by atoms with E-state index in [9.17, 15) is 4.79 Å².